The number of hydrogen-bond acceptors (Lipinski definition) is 5. The van der Waals surface area contributed by atoms with Crippen molar-refractivity contribution in [2.24, 2.45) is 0 Å². The lowest BCUT2D eigenvalue weighted by Crippen LogP contribution is -2.28. The Morgan fingerprint density at radius 1 is 1.35 bits per heavy atom. The molecule has 1 heterocycles. The van der Waals surface area contributed by atoms with Gasteiger partial charge in [-0.15, -0.1) is 11.3 Å². The molecular formula is C15H12F2N2O3S. The highest BCUT2D eigenvalue weighted by Crippen LogP contribution is 2.20. The molecule has 2 aromatic rings. The standard InChI is InChI=1S/C15H12F2N2O3S/c16-15(17)22-11-3-1-9(2-4-11)12(20)8-19-14(21)13-10(7-18)5-6-23-13/h1-6,12,15,20H,8H2,(H,19,21). The minimum atomic E-state index is -2.91. The van der Waals surface area contributed by atoms with Crippen LogP contribution >= 0.6 is 11.3 Å². The fraction of sp³-hybridized carbons (Fsp3) is 0.200. The number of nitriles is 1. The predicted octanol–water partition coefficient (Wildman–Crippen LogP) is 2.68. The molecule has 8 heteroatoms. The average molecular weight is 338 g/mol. The third-order valence-electron chi connectivity index (χ3n) is 2.94. The summed E-state index contributed by atoms with van der Waals surface area (Å²) in [5.74, 6) is -0.467. The molecule has 1 aromatic carbocycles. The third kappa shape index (κ3) is 4.48. The second-order valence-corrected chi connectivity index (χ2v) is 5.36. The molecule has 0 aliphatic rings. The number of benzene rings is 1. The van der Waals surface area contributed by atoms with Gasteiger partial charge in [-0.25, -0.2) is 0 Å². The van der Waals surface area contributed by atoms with Crippen molar-refractivity contribution < 1.29 is 23.4 Å². The first-order valence-corrected chi connectivity index (χ1v) is 7.38. The molecule has 0 fully saturated rings. The van der Waals surface area contributed by atoms with Crippen LogP contribution in [0.25, 0.3) is 0 Å². The fourth-order valence-corrected chi connectivity index (χ4v) is 2.59. The van der Waals surface area contributed by atoms with Crippen LogP contribution in [0.3, 0.4) is 0 Å². The monoisotopic (exact) mass is 338 g/mol. The molecule has 0 aliphatic carbocycles. The maximum Gasteiger partial charge on any atom is 0.387 e. The van der Waals surface area contributed by atoms with Gasteiger partial charge in [-0.05, 0) is 29.1 Å². The van der Waals surface area contributed by atoms with E-state index in [4.69, 9.17) is 5.26 Å². The van der Waals surface area contributed by atoms with Crippen LogP contribution in [0.15, 0.2) is 35.7 Å². The van der Waals surface area contributed by atoms with E-state index < -0.39 is 18.6 Å². The molecule has 0 aliphatic heterocycles. The maximum atomic E-state index is 12.0. The molecule has 5 nitrogen and oxygen atoms in total. The van der Waals surface area contributed by atoms with E-state index in [1.165, 1.54) is 30.3 Å². The summed E-state index contributed by atoms with van der Waals surface area (Å²) in [5, 5.41) is 23.0. The Morgan fingerprint density at radius 3 is 2.65 bits per heavy atom. The van der Waals surface area contributed by atoms with Gasteiger partial charge in [0, 0.05) is 6.54 Å². The van der Waals surface area contributed by atoms with E-state index >= 15 is 0 Å². The molecule has 0 radical (unpaired) electrons. The molecule has 0 bridgehead atoms. The van der Waals surface area contributed by atoms with Crippen LogP contribution in [0.2, 0.25) is 0 Å². The normalized spacial score (nSPS) is 11.8. The first-order valence-electron chi connectivity index (χ1n) is 6.50. The quantitative estimate of drug-likeness (QED) is 0.848. The van der Waals surface area contributed by atoms with E-state index in [1.54, 1.807) is 5.38 Å². The Kier molecular flexibility index (Phi) is 5.62. The van der Waals surface area contributed by atoms with Gasteiger partial charge in [0.2, 0.25) is 0 Å². The van der Waals surface area contributed by atoms with E-state index in [0.717, 1.165) is 11.3 Å². The summed E-state index contributed by atoms with van der Waals surface area (Å²) in [7, 11) is 0. The molecule has 1 atom stereocenters. The second kappa shape index (κ2) is 7.67. The first-order chi connectivity index (χ1) is 11.0. The molecule has 1 unspecified atom stereocenters. The number of rotatable bonds is 6. The number of aliphatic hydroxyl groups is 1. The van der Waals surface area contributed by atoms with Crippen molar-refractivity contribution in [3.63, 3.8) is 0 Å². The van der Waals surface area contributed by atoms with Crippen LogP contribution < -0.4 is 10.1 Å². The van der Waals surface area contributed by atoms with Crippen molar-refractivity contribution in [3.8, 4) is 11.8 Å². The number of halogens is 2. The summed E-state index contributed by atoms with van der Waals surface area (Å²) in [4.78, 5) is 12.2. The Morgan fingerprint density at radius 2 is 2.04 bits per heavy atom. The van der Waals surface area contributed by atoms with Crippen molar-refractivity contribution in [1.82, 2.24) is 5.32 Å². The SMILES string of the molecule is N#Cc1ccsc1C(=O)NCC(O)c1ccc(OC(F)F)cc1. The number of aliphatic hydroxyl groups excluding tert-OH is 1. The van der Waals surface area contributed by atoms with E-state index in [0.29, 0.717) is 5.56 Å². The number of carbonyl (C=O) groups excluding carboxylic acids is 1. The number of nitrogens with one attached hydrogen (secondary N) is 1. The molecule has 0 spiro atoms. The highest BCUT2D eigenvalue weighted by atomic mass is 32.1. The smallest absolute Gasteiger partial charge is 0.387 e. The van der Waals surface area contributed by atoms with Crippen molar-refractivity contribution in [2.75, 3.05) is 6.54 Å². The average Bonchev–Trinajstić information content (AvgIpc) is 3.01. The molecule has 2 rings (SSSR count). The summed E-state index contributed by atoms with van der Waals surface area (Å²) in [5.41, 5.74) is 0.717. The summed E-state index contributed by atoms with van der Waals surface area (Å²) in [6.45, 7) is -2.98. The largest absolute Gasteiger partial charge is 0.435 e. The van der Waals surface area contributed by atoms with E-state index in [2.05, 4.69) is 10.1 Å². The molecule has 23 heavy (non-hydrogen) atoms. The summed E-state index contributed by atoms with van der Waals surface area (Å²) in [6, 6.07) is 8.92. The number of hydrogen-bond donors (Lipinski definition) is 2. The summed E-state index contributed by atoms with van der Waals surface area (Å²) in [6.07, 6.45) is -1.01. The zero-order chi connectivity index (χ0) is 16.8. The van der Waals surface area contributed by atoms with E-state index in [1.807, 2.05) is 6.07 Å². The highest BCUT2D eigenvalue weighted by molar-refractivity contribution is 7.12. The third-order valence-corrected chi connectivity index (χ3v) is 3.85. The topological polar surface area (TPSA) is 82.4 Å². The predicted molar refractivity (Wildman–Crippen MR) is 79.4 cm³/mol. The van der Waals surface area contributed by atoms with Gasteiger partial charge in [0.15, 0.2) is 0 Å². The van der Waals surface area contributed by atoms with Gasteiger partial charge in [0.05, 0.1) is 11.7 Å². The summed E-state index contributed by atoms with van der Waals surface area (Å²) >= 11 is 1.13. The number of ether oxygens (including phenoxy) is 1. The Balaban J connectivity index is 1.93. The van der Waals surface area contributed by atoms with Gasteiger partial charge < -0.3 is 15.2 Å². The molecule has 2 N–H and O–H groups in total. The Labute approximate surface area is 134 Å². The van der Waals surface area contributed by atoms with Gasteiger partial charge in [-0.1, -0.05) is 12.1 Å². The lowest BCUT2D eigenvalue weighted by Gasteiger charge is -2.13. The van der Waals surface area contributed by atoms with E-state index in [9.17, 15) is 18.7 Å². The Hall–Kier alpha value is -2.50. The van der Waals surface area contributed by atoms with Crippen LogP contribution in [0.4, 0.5) is 8.78 Å². The van der Waals surface area contributed by atoms with Gasteiger partial charge in [0.25, 0.3) is 5.91 Å². The number of thiophene rings is 1. The number of nitrogens with zero attached hydrogens (tertiary/aromatic N) is 1. The van der Waals surface area contributed by atoms with Crippen molar-refractivity contribution in [3.05, 3.63) is 51.7 Å². The van der Waals surface area contributed by atoms with Gasteiger partial charge >= 0.3 is 6.61 Å². The van der Waals surface area contributed by atoms with Crippen LogP contribution in [0.1, 0.15) is 26.9 Å². The zero-order valence-electron chi connectivity index (χ0n) is 11.7. The van der Waals surface area contributed by atoms with Crippen LogP contribution in [-0.4, -0.2) is 24.2 Å². The minimum Gasteiger partial charge on any atom is -0.435 e. The molecule has 120 valence electrons. The zero-order valence-corrected chi connectivity index (χ0v) is 12.5. The number of alkyl halides is 2. The lowest BCUT2D eigenvalue weighted by molar-refractivity contribution is -0.0498. The molecule has 0 saturated heterocycles. The number of carbonyl (C=O) groups is 1. The van der Waals surface area contributed by atoms with Gasteiger partial charge in [-0.2, -0.15) is 14.0 Å². The van der Waals surface area contributed by atoms with Crippen molar-refractivity contribution >= 4 is 17.2 Å². The fourth-order valence-electron chi connectivity index (χ4n) is 1.83. The molecule has 0 saturated carbocycles. The highest BCUT2D eigenvalue weighted by Gasteiger charge is 2.15. The second-order valence-electron chi connectivity index (χ2n) is 4.45. The van der Waals surface area contributed by atoms with Crippen LogP contribution in [0, 0.1) is 11.3 Å². The first kappa shape index (κ1) is 16.9. The Bertz CT molecular complexity index is 710. The lowest BCUT2D eigenvalue weighted by atomic mass is 10.1. The van der Waals surface area contributed by atoms with Crippen molar-refractivity contribution in [1.29, 1.82) is 5.26 Å². The molecule has 1 aromatic heterocycles. The molecule has 1 amide bonds. The van der Waals surface area contributed by atoms with Gasteiger partial charge in [-0.3, -0.25) is 4.79 Å². The number of amides is 1. The van der Waals surface area contributed by atoms with Crippen LogP contribution in [-0.2, 0) is 0 Å². The summed E-state index contributed by atoms with van der Waals surface area (Å²) < 4.78 is 28.3. The van der Waals surface area contributed by atoms with Gasteiger partial charge in [0.1, 0.15) is 16.7 Å². The van der Waals surface area contributed by atoms with Crippen LogP contribution in [0.5, 0.6) is 5.75 Å². The van der Waals surface area contributed by atoms with Crippen molar-refractivity contribution in [2.45, 2.75) is 12.7 Å². The van der Waals surface area contributed by atoms with E-state index in [-0.39, 0.29) is 22.7 Å². The maximum absolute atomic E-state index is 12.0. The molecular weight excluding hydrogens is 326 g/mol. The minimum absolute atomic E-state index is 0.0165.